The summed E-state index contributed by atoms with van der Waals surface area (Å²) < 4.78 is 11.3. The first-order chi connectivity index (χ1) is 14.2. The first kappa shape index (κ1) is 19.6. The number of hydrogen-bond donors (Lipinski definition) is 0. The van der Waals surface area contributed by atoms with Gasteiger partial charge in [0.05, 0.1) is 12.9 Å². The normalized spacial score (nSPS) is 19.8. The predicted molar refractivity (Wildman–Crippen MR) is 109 cm³/mol. The average molecular weight is 396 g/mol. The van der Waals surface area contributed by atoms with Gasteiger partial charge in [-0.3, -0.25) is 9.59 Å². The molecule has 0 spiro atoms. The van der Waals surface area contributed by atoms with Crippen LogP contribution in [0.5, 0.6) is 5.75 Å². The zero-order valence-electron chi connectivity index (χ0n) is 16.7. The first-order valence-electron chi connectivity index (χ1n) is 10.6. The number of rotatable bonds is 5. The van der Waals surface area contributed by atoms with E-state index in [1.807, 2.05) is 34.1 Å². The fourth-order valence-corrected chi connectivity index (χ4v) is 4.15. The smallest absolute Gasteiger partial charge is 0.289 e. The van der Waals surface area contributed by atoms with E-state index in [0.29, 0.717) is 30.2 Å². The summed E-state index contributed by atoms with van der Waals surface area (Å²) in [7, 11) is 0. The van der Waals surface area contributed by atoms with Crippen molar-refractivity contribution < 1.29 is 18.7 Å². The van der Waals surface area contributed by atoms with E-state index in [0.717, 1.165) is 45.3 Å². The molecule has 2 aliphatic heterocycles. The number of amides is 2. The summed E-state index contributed by atoms with van der Waals surface area (Å²) in [5, 5.41) is 0. The maximum atomic E-state index is 12.7. The molecule has 2 aliphatic rings. The molecule has 0 radical (unpaired) electrons. The molecule has 1 aromatic heterocycles. The van der Waals surface area contributed by atoms with Crippen molar-refractivity contribution in [2.24, 2.45) is 5.92 Å². The molecular weight excluding hydrogens is 368 g/mol. The number of ether oxygens (including phenoxy) is 1. The molecule has 1 aromatic carbocycles. The van der Waals surface area contributed by atoms with Crippen LogP contribution in [0.1, 0.15) is 53.0 Å². The molecule has 2 saturated heterocycles. The number of likely N-dealkylation sites (tertiary alicyclic amines) is 2. The summed E-state index contributed by atoms with van der Waals surface area (Å²) in [6.45, 7) is 3.61. The number of furan rings is 1. The van der Waals surface area contributed by atoms with E-state index in [4.69, 9.17) is 9.15 Å². The summed E-state index contributed by atoms with van der Waals surface area (Å²) in [6.07, 6.45) is 6.86. The van der Waals surface area contributed by atoms with Crippen LogP contribution in [-0.2, 0) is 0 Å². The molecule has 4 rings (SSSR count). The van der Waals surface area contributed by atoms with Gasteiger partial charge in [0.15, 0.2) is 5.76 Å². The van der Waals surface area contributed by atoms with Crippen molar-refractivity contribution in [1.82, 2.24) is 9.80 Å². The molecule has 0 bridgehead atoms. The number of carbonyl (C=O) groups excluding carboxylic acids is 2. The fraction of sp³-hybridized carbons (Fsp3) is 0.478. The van der Waals surface area contributed by atoms with Gasteiger partial charge >= 0.3 is 0 Å². The molecule has 1 atom stereocenters. The lowest BCUT2D eigenvalue weighted by Gasteiger charge is -2.32. The van der Waals surface area contributed by atoms with E-state index in [2.05, 4.69) is 0 Å². The van der Waals surface area contributed by atoms with Gasteiger partial charge in [0.1, 0.15) is 5.75 Å². The molecule has 0 aliphatic carbocycles. The minimum absolute atomic E-state index is 0.0613. The molecular formula is C23H28N2O4. The van der Waals surface area contributed by atoms with Crippen molar-refractivity contribution in [1.29, 1.82) is 0 Å². The van der Waals surface area contributed by atoms with Crippen molar-refractivity contribution in [3.8, 4) is 5.75 Å². The number of carbonyl (C=O) groups is 2. The Balaban J connectivity index is 1.33. The van der Waals surface area contributed by atoms with Crippen molar-refractivity contribution in [2.45, 2.75) is 32.1 Å². The second-order valence-corrected chi connectivity index (χ2v) is 7.93. The first-order valence-corrected chi connectivity index (χ1v) is 10.6. The van der Waals surface area contributed by atoms with Crippen molar-refractivity contribution in [3.05, 3.63) is 54.0 Å². The SMILES string of the molecule is O=C(c1cccc(OCC2CCCN(C(=O)c3ccco3)C2)c1)N1CCCCC1. The Morgan fingerprint density at radius 2 is 1.79 bits per heavy atom. The average Bonchev–Trinajstić information content (AvgIpc) is 3.33. The maximum Gasteiger partial charge on any atom is 0.289 e. The van der Waals surface area contributed by atoms with E-state index >= 15 is 0 Å². The number of benzene rings is 1. The molecule has 6 heteroatoms. The number of hydrogen-bond acceptors (Lipinski definition) is 4. The van der Waals surface area contributed by atoms with Crippen LogP contribution in [0.3, 0.4) is 0 Å². The van der Waals surface area contributed by atoms with Gasteiger partial charge in [-0.25, -0.2) is 0 Å². The molecule has 1 unspecified atom stereocenters. The van der Waals surface area contributed by atoms with Gasteiger partial charge in [-0.05, 0) is 62.4 Å². The van der Waals surface area contributed by atoms with Gasteiger partial charge < -0.3 is 19.0 Å². The molecule has 2 amide bonds. The Bertz CT molecular complexity index is 827. The molecule has 6 nitrogen and oxygen atoms in total. The monoisotopic (exact) mass is 396 g/mol. The van der Waals surface area contributed by atoms with Crippen LogP contribution in [0.2, 0.25) is 0 Å². The van der Waals surface area contributed by atoms with Crippen LogP contribution >= 0.6 is 0 Å². The second-order valence-electron chi connectivity index (χ2n) is 7.93. The summed E-state index contributed by atoms with van der Waals surface area (Å²) in [6, 6.07) is 10.9. The lowest BCUT2D eigenvalue weighted by molar-refractivity contribution is 0.0601. The molecule has 29 heavy (non-hydrogen) atoms. The summed E-state index contributed by atoms with van der Waals surface area (Å²) in [4.78, 5) is 29.0. The largest absolute Gasteiger partial charge is 0.493 e. The number of nitrogens with zero attached hydrogens (tertiary/aromatic N) is 2. The van der Waals surface area contributed by atoms with Crippen molar-refractivity contribution >= 4 is 11.8 Å². The van der Waals surface area contributed by atoms with E-state index in [1.54, 1.807) is 12.1 Å². The molecule has 154 valence electrons. The Morgan fingerprint density at radius 3 is 2.59 bits per heavy atom. The van der Waals surface area contributed by atoms with E-state index in [-0.39, 0.29) is 17.7 Å². The Kier molecular flexibility index (Phi) is 6.17. The van der Waals surface area contributed by atoms with Gasteiger partial charge in [-0.15, -0.1) is 0 Å². The molecule has 0 saturated carbocycles. The highest BCUT2D eigenvalue weighted by Crippen LogP contribution is 2.22. The topological polar surface area (TPSA) is 63.0 Å². The van der Waals surface area contributed by atoms with Crippen molar-refractivity contribution in [2.75, 3.05) is 32.8 Å². The zero-order valence-corrected chi connectivity index (χ0v) is 16.7. The van der Waals surface area contributed by atoms with Gasteiger partial charge in [-0.2, -0.15) is 0 Å². The minimum Gasteiger partial charge on any atom is -0.493 e. The van der Waals surface area contributed by atoms with Crippen LogP contribution < -0.4 is 4.74 Å². The highest BCUT2D eigenvalue weighted by atomic mass is 16.5. The third-order valence-corrected chi connectivity index (χ3v) is 5.75. The lowest BCUT2D eigenvalue weighted by atomic mass is 9.98. The number of piperidine rings is 2. The van der Waals surface area contributed by atoms with E-state index in [9.17, 15) is 9.59 Å². The van der Waals surface area contributed by atoms with E-state index < -0.39 is 0 Å². The van der Waals surface area contributed by atoms with Gasteiger partial charge in [0.25, 0.3) is 11.8 Å². The molecule has 2 fully saturated rings. The molecule has 0 N–H and O–H groups in total. The second kappa shape index (κ2) is 9.16. The summed E-state index contributed by atoms with van der Waals surface area (Å²) >= 11 is 0. The quantitative estimate of drug-likeness (QED) is 0.770. The third-order valence-electron chi connectivity index (χ3n) is 5.75. The lowest BCUT2D eigenvalue weighted by Crippen LogP contribution is -2.41. The maximum absolute atomic E-state index is 12.7. The Morgan fingerprint density at radius 1 is 0.966 bits per heavy atom. The Labute approximate surface area is 171 Å². The highest BCUT2D eigenvalue weighted by Gasteiger charge is 2.26. The van der Waals surface area contributed by atoms with Crippen LogP contribution in [0.4, 0.5) is 0 Å². The van der Waals surface area contributed by atoms with E-state index in [1.165, 1.54) is 12.7 Å². The van der Waals surface area contributed by atoms with Gasteiger partial charge in [-0.1, -0.05) is 6.07 Å². The molecule has 3 heterocycles. The van der Waals surface area contributed by atoms with Crippen LogP contribution in [0.25, 0.3) is 0 Å². The summed E-state index contributed by atoms with van der Waals surface area (Å²) in [5.41, 5.74) is 0.683. The fourth-order valence-electron chi connectivity index (χ4n) is 4.15. The predicted octanol–water partition coefficient (Wildman–Crippen LogP) is 3.84. The zero-order chi connectivity index (χ0) is 20.1. The standard InChI is InChI=1S/C23H28N2O4/c26-22(24-11-2-1-3-12-24)19-8-4-9-20(15-19)29-17-18-7-5-13-25(16-18)23(27)21-10-6-14-28-21/h4,6,8-10,14-15,18H,1-3,5,7,11-13,16-17H2. The third kappa shape index (κ3) is 4.81. The van der Waals surface area contributed by atoms with Crippen LogP contribution in [0, 0.1) is 5.92 Å². The van der Waals surface area contributed by atoms with Crippen LogP contribution in [0.15, 0.2) is 47.1 Å². The highest BCUT2D eigenvalue weighted by molar-refractivity contribution is 5.94. The van der Waals surface area contributed by atoms with Gasteiger partial charge in [0, 0.05) is 37.7 Å². The molecule has 2 aromatic rings. The minimum atomic E-state index is -0.0613. The van der Waals surface area contributed by atoms with Crippen molar-refractivity contribution in [3.63, 3.8) is 0 Å². The van der Waals surface area contributed by atoms with Crippen LogP contribution in [-0.4, -0.2) is 54.4 Å². The Hall–Kier alpha value is -2.76. The summed E-state index contributed by atoms with van der Waals surface area (Å²) in [5.74, 6) is 1.39. The van der Waals surface area contributed by atoms with Gasteiger partial charge in [0.2, 0.25) is 0 Å².